The molecule has 130 valence electrons. The van der Waals surface area contributed by atoms with Crippen LogP contribution in [-0.4, -0.2) is 0 Å². The average molecular weight is 618 g/mol. The van der Waals surface area contributed by atoms with Gasteiger partial charge >= 0.3 is 26.2 Å². The zero-order chi connectivity index (χ0) is 15.1. The van der Waals surface area contributed by atoms with E-state index in [9.17, 15) is 0 Å². The second-order valence-corrected chi connectivity index (χ2v) is 6.69. The van der Waals surface area contributed by atoms with Crippen LogP contribution < -0.4 is 0 Å². The Bertz CT molecular complexity index is 399. The normalized spacial score (nSPS) is 15.3. The summed E-state index contributed by atoms with van der Waals surface area (Å²) in [5.41, 5.74) is 5.76. The molecule has 0 heterocycles. The van der Waals surface area contributed by atoms with E-state index in [-0.39, 0.29) is 74.2 Å². The van der Waals surface area contributed by atoms with Crippen molar-refractivity contribution in [2.75, 3.05) is 0 Å². The van der Waals surface area contributed by atoms with Crippen molar-refractivity contribution < 1.29 is 26.2 Å². The number of halogens is 2. The van der Waals surface area contributed by atoms with Crippen LogP contribution in [0.3, 0.4) is 0 Å². The van der Waals surface area contributed by atoms with Crippen LogP contribution in [0.4, 0.5) is 0 Å². The van der Waals surface area contributed by atoms with Gasteiger partial charge in [0.15, 0.2) is 0 Å². The van der Waals surface area contributed by atoms with Crippen molar-refractivity contribution in [3.8, 4) is 0 Å². The van der Waals surface area contributed by atoms with Crippen molar-refractivity contribution in [3.63, 3.8) is 0 Å². The molecule has 0 unspecified atom stereocenters. The topological polar surface area (TPSA) is 0 Å². The van der Waals surface area contributed by atoms with Crippen LogP contribution in [0.25, 0.3) is 0 Å². The summed E-state index contributed by atoms with van der Waals surface area (Å²) in [5, 5.41) is 0. The van der Waals surface area contributed by atoms with Gasteiger partial charge in [0.05, 0.1) is 0 Å². The zero-order valence-electron chi connectivity index (χ0n) is 15.5. The molecule has 0 N–H and O–H groups in total. The number of allylic oxidation sites excluding steroid dienone is 8. The van der Waals surface area contributed by atoms with Gasteiger partial charge in [-0.2, -0.15) is 12.2 Å². The van der Waals surface area contributed by atoms with E-state index in [4.69, 9.17) is 0 Å². The second kappa shape index (κ2) is 15.5. The Hall–Kier alpha value is 1.30. The van der Waals surface area contributed by atoms with Gasteiger partial charge in [-0.15, -0.1) is 74.6 Å². The predicted octanol–water partition coefficient (Wildman–Crippen LogP) is 7.46. The Morgan fingerprint density at radius 3 is 1.26 bits per heavy atom. The van der Waals surface area contributed by atoms with Crippen LogP contribution in [0, 0.1) is 24.0 Å². The Balaban J connectivity index is -0.000000308. The van der Waals surface area contributed by atoms with Gasteiger partial charge in [-0.25, -0.2) is 22.3 Å². The summed E-state index contributed by atoms with van der Waals surface area (Å²) in [4.78, 5) is 0. The van der Waals surface area contributed by atoms with E-state index in [0.29, 0.717) is 0 Å². The molecule has 2 rings (SSSR count). The maximum absolute atomic E-state index is 3.36. The standard InChI is InChI=1S/2C10H15.2HI.Zr/c2*1-8(2)7-10-6-4-5-9(10)3;;;/h2*5,8H,4,7H2,1-3H3;2*1H;/q2*-1;;;+2. The first-order valence-electron chi connectivity index (χ1n) is 7.93. The van der Waals surface area contributed by atoms with Gasteiger partial charge in [-0.1, -0.05) is 40.5 Å². The van der Waals surface area contributed by atoms with Gasteiger partial charge < -0.3 is 0 Å². The van der Waals surface area contributed by atoms with Crippen LogP contribution >= 0.6 is 48.0 Å². The van der Waals surface area contributed by atoms with Gasteiger partial charge in [0.1, 0.15) is 0 Å². The smallest absolute Gasteiger partial charge is 0.269 e. The quantitative estimate of drug-likeness (QED) is 0.227. The van der Waals surface area contributed by atoms with Crippen molar-refractivity contribution in [1.29, 1.82) is 0 Å². The maximum Gasteiger partial charge on any atom is 2.00 e. The van der Waals surface area contributed by atoms with E-state index < -0.39 is 0 Å². The average Bonchev–Trinajstić information content (AvgIpc) is 2.90. The van der Waals surface area contributed by atoms with Crippen LogP contribution in [-0.2, 0) is 26.2 Å². The van der Waals surface area contributed by atoms with Gasteiger partial charge in [-0.05, 0) is 11.8 Å². The first-order chi connectivity index (χ1) is 9.40. The fourth-order valence-electron chi connectivity index (χ4n) is 2.46. The predicted molar refractivity (Wildman–Crippen MR) is 120 cm³/mol. The molecule has 0 aromatic heterocycles. The molecule has 0 saturated heterocycles. The van der Waals surface area contributed by atoms with Crippen molar-refractivity contribution in [3.05, 3.63) is 46.6 Å². The summed E-state index contributed by atoms with van der Waals surface area (Å²) < 4.78 is 0. The molecule has 2 aliphatic carbocycles. The monoisotopic (exact) mass is 616 g/mol. The van der Waals surface area contributed by atoms with Gasteiger partial charge in [0.25, 0.3) is 0 Å². The Kier molecular flexibility index (Phi) is 19.7. The number of rotatable bonds is 4. The third kappa shape index (κ3) is 12.3. The molecule has 0 amide bonds. The summed E-state index contributed by atoms with van der Waals surface area (Å²) in [7, 11) is 0. The van der Waals surface area contributed by atoms with E-state index in [1.54, 1.807) is 0 Å². The molecule has 3 heteroatoms. The van der Waals surface area contributed by atoms with E-state index in [1.165, 1.54) is 35.1 Å². The molecule has 0 nitrogen and oxygen atoms in total. The van der Waals surface area contributed by atoms with Crippen LogP contribution in [0.1, 0.15) is 67.2 Å². The molecular formula is C20H32I2Zr. The van der Waals surface area contributed by atoms with Gasteiger partial charge in [0.2, 0.25) is 0 Å². The zero-order valence-corrected chi connectivity index (χ0v) is 22.6. The minimum atomic E-state index is 0. The van der Waals surface area contributed by atoms with Crippen molar-refractivity contribution in [1.82, 2.24) is 0 Å². The van der Waals surface area contributed by atoms with Gasteiger partial charge in [-0.3, -0.25) is 12.2 Å². The summed E-state index contributed by atoms with van der Waals surface area (Å²) in [6.07, 6.45) is 15.7. The molecule has 0 saturated carbocycles. The minimum absolute atomic E-state index is 0. The molecule has 0 aromatic carbocycles. The van der Waals surface area contributed by atoms with Crippen LogP contribution in [0.2, 0.25) is 0 Å². The summed E-state index contributed by atoms with van der Waals surface area (Å²) in [6.45, 7) is 13.4. The number of hydrogen-bond donors (Lipinski definition) is 0. The fraction of sp³-hybridized carbons (Fsp3) is 0.600. The molecule has 23 heavy (non-hydrogen) atoms. The largest absolute Gasteiger partial charge is 2.00 e. The van der Waals surface area contributed by atoms with E-state index in [0.717, 1.165) is 24.7 Å². The van der Waals surface area contributed by atoms with Crippen molar-refractivity contribution in [2.24, 2.45) is 11.8 Å². The SMILES string of the molecule is CC1=CC[C-]=C1CC(C)C.CC1=CC[C-]=C1CC(C)C.I.I.[Zr+2]. The van der Waals surface area contributed by atoms with Crippen LogP contribution in [0.15, 0.2) is 34.4 Å². The molecule has 0 fully saturated rings. The Labute approximate surface area is 197 Å². The Morgan fingerprint density at radius 2 is 1.09 bits per heavy atom. The maximum atomic E-state index is 3.36. The summed E-state index contributed by atoms with van der Waals surface area (Å²) >= 11 is 0. The minimum Gasteiger partial charge on any atom is -0.269 e. The molecule has 0 spiro atoms. The molecule has 0 bridgehead atoms. The molecule has 0 aliphatic heterocycles. The Morgan fingerprint density at radius 1 is 0.783 bits per heavy atom. The fourth-order valence-corrected chi connectivity index (χ4v) is 2.46. The second-order valence-electron chi connectivity index (χ2n) is 6.69. The van der Waals surface area contributed by atoms with Gasteiger partial charge in [0, 0.05) is 0 Å². The van der Waals surface area contributed by atoms with Crippen molar-refractivity contribution in [2.45, 2.75) is 67.2 Å². The molecule has 2 aliphatic rings. The first-order valence-corrected chi connectivity index (χ1v) is 7.93. The summed E-state index contributed by atoms with van der Waals surface area (Å²) in [6, 6.07) is 0. The molecular weight excluding hydrogens is 585 g/mol. The first kappa shape index (κ1) is 29.1. The third-order valence-corrected chi connectivity index (χ3v) is 3.62. The summed E-state index contributed by atoms with van der Waals surface area (Å²) in [5.74, 6) is 1.54. The molecule has 0 radical (unpaired) electrons. The van der Waals surface area contributed by atoms with E-state index in [1.807, 2.05) is 0 Å². The van der Waals surface area contributed by atoms with Crippen molar-refractivity contribution >= 4 is 48.0 Å². The number of hydrogen-bond acceptors (Lipinski definition) is 0. The molecule has 0 atom stereocenters. The van der Waals surface area contributed by atoms with Crippen LogP contribution in [0.5, 0.6) is 0 Å². The van der Waals surface area contributed by atoms with E-state index >= 15 is 0 Å². The molecule has 0 aromatic rings. The third-order valence-electron chi connectivity index (χ3n) is 3.62. The van der Waals surface area contributed by atoms with E-state index in [2.05, 4.69) is 65.8 Å².